The van der Waals surface area contributed by atoms with Crippen molar-refractivity contribution in [3.63, 3.8) is 0 Å². The molecule has 168 valence electrons. The van der Waals surface area contributed by atoms with E-state index < -0.39 is 0 Å². The van der Waals surface area contributed by atoms with E-state index in [9.17, 15) is 9.59 Å². The molecule has 0 saturated heterocycles. The van der Waals surface area contributed by atoms with Crippen molar-refractivity contribution in [1.82, 2.24) is 10.2 Å². The van der Waals surface area contributed by atoms with E-state index in [0.29, 0.717) is 31.2 Å². The van der Waals surface area contributed by atoms with Crippen LogP contribution in [0.25, 0.3) is 0 Å². The number of carbonyl (C=O) groups excluding carboxylic acids is 2. The molecule has 0 saturated carbocycles. The molecule has 2 N–H and O–H groups in total. The first-order valence-corrected chi connectivity index (χ1v) is 11.0. The van der Waals surface area contributed by atoms with Gasteiger partial charge in [0.25, 0.3) is 0 Å². The normalized spacial score (nSPS) is 10.6. The van der Waals surface area contributed by atoms with Crippen LogP contribution in [0.4, 0.5) is 5.69 Å². The quantitative estimate of drug-likeness (QED) is 0.500. The van der Waals surface area contributed by atoms with E-state index in [1.807, 2.05) is 62.1 Å². The first-order valence-electron chi connectivity index (χ1n) is 10.2. The van der Waals surface area contributed by atoms with Crippen molar-refractivity contribution >= 4 is 33.4 Å². The molecule has 2 rings (SSSR count). The minimum Gasteiger partial charge on any atom is -0.493 e. The second-order valence-corrected chi connectivity index (χ2v) is 7.92. The van der Waals surface area contributed by atoms with Crippen LogP contribution >= 0.6 is 15.9 Å². The molecule has 0 bridgehead atoms. The van der Waals surface area contributed by atoms with E-state index in [1.165, 1.54) is 0 Å². The summed E-state index contributed by atoms with van der Waals surface area (Å²) in [7, 11) is 1.60. The Labute approximate surface area is 192 Å². The van der Waals surface area contributed by atoms with E-state index in [0.717, 1.165) is 21.3 Å². The summed E-state index contributed by atoms with van der Waals surface area (Å²) in [5, 5.41) is 5.50. The number of carbonyl (C=O) groups is 2. The maximum atomic E-state index is 12.3. The molecule has 0 aromatic heterocycles. The molecule has 0 spiro atoms. The van der Waals surface area contributed by atoms with Gasteiger partial charge in [0.2, 0.25) is 11.8 Å². The lowest BCUT2D eigenvalue weighted by molar-refractivity contribution is -0.125. The minimum atomic E-state index is -0.266. The number of nitrogens with one attached hydrogen (secondary N) is 2. The van der Waals surface area contributed by atoms with Crippen LogP contribution in [0.5, 0.6) is 11.5 Å². The average molecular weight is 492 g/mol. The van der Waals surface area contributed by atoms with Gasteiger partial charge < -0.3 is 20.1 Å². The van der Waals surface area contributed by atoms with Crippen molar-refractivity contribution in [2.45, 2.75) is 27.3 Å². The van der Waals surface area contributed by atoms with Gasteiger partial charge in [-0.25, -0.2) is 0 Å². The zero-order chi connectivity index (χ0) is 22.8. The summed E-state index contributed by atoms with van der Waals surface area (Å²) in [4.78, 5) is 26.5. The number of nitrogens with zero attached hydrogens (tertiary/aromatic N) is 1. The smallest absolute Gasteiger partial charge is 0.243 e. The van der Waals surface area contributed by atoms with Crippen molar-refractivity contribution in [3.8, 4) is 11.5 Å². The molecule has 0 aliphatic carbocycles. The van der Waals surface area contributed by atoms with Crippen LogP contribution in [-0.2, 0) is 16.1 Å². The molecule has 7 nitrogen and oxygen atoms in total. The van der Waals surface area contributed by atoms with Gasteiger partial charge in [0.05, 0.1) is 26.8 Å². The van der Waals surface area contributed by atoms with E-state index in [2.05, 4.69) is 26.6 Å². The van der Waals surface area contributed by atoms with E-state index >= 15 is 0 Å². The number of hydrogen-bond acceptors (Lipinski definition) is 5. The van der Waals surface area contributed by atoms with Gasteiger partial charge in [-0.15, -0.1) is 0 Å². The number of hydrogen-bond donors (Lipinski definition) is 2. The van der Waals surface area contributed by atoms with E-state index in [-0.39, 0.29) is 24.9 Å². The Morgan fingerprint density at radius 3 is 2.48 bits per heavy atom. The monoisotopic (exact) mass is 491 g/mol. The first kappa shape index (κ1) is 24.7. The Morgan fingerprint density at radius 2 is 1.84 bits per heavy atom. The molecule has 2 aromatic carbocycles. The van der Waals surface area contributed by atoms with Crippen LogP contribution in [0.1, 0.15) is 25.0 Å². The number of halogens is 1. The zero-order valence-corrected chi connectivity index (χ0v) is 20.0. The fourth-order valence-corrected chi connectivity index (χ4v) is 3.50. The van der Waals surface area contributed by atoms with Crippen LogP contribution in [0, 0.1) is 6.92 Å². The molecule has 0 atom stereocenters. The van der Waals surface area contributed by atoms with Gasteiger partial charge in [-0.2, -0.15) is 0 Å². The highest BCUT2D eigenvalue weighted by molar-refractivity contribution is 9.10. The standard InChI is InChI=1S/C23H30BrN3O4/c1-5-27(14-17-7-10-20(31-6-2)21(12-17)30-4)15-23(29)25-13-22(28)26-19-9-8-18(24)11-16(19)3/h7-12H,5-6,13-15H2,1-4H3,(H,25,29)(H,26,28). The highest BCUT2D eigenvalue weighted by atomic mass is 79.9. The van der Waals surface area contributed by atoms with Gasteiger partial charge in [0.15, 0.2) is 11.5 Å². The van der Waals surface area contributed by atoms with E-state index in [1.54, 1.807) is 7.11 Å². The molecule has 0 fully saturated rings. The van der Waals surface area contributed by atoms with Crippen LogP contribution in [0.3, 0.4) is 0 Å². The lowest BCUT2D eigenvalue weighted by Crippen LogP contribution is -2.40. The maximum absolute atomic E-state index is 12.3. The Morgan fingerprint density at radius 1 is 1.06 bits per heavy atom. The molecule has 2 aromatic rings. The Bertz CT molecular complexity index is 904. The van der Waals surface area contributed by atoms with Crippen LogP contribution in [0.2, 0.25) is 0 Å². The number of rotatable bonds is 11. The fourth-order valence-electron chi connectivity index (χ4n) is 3.02. The minimum absolute atomic E-state index is 0.0806. The van der Waals surface area contributed by atoms with Crippen LogP contribution < -0.4 is 20.1 Å². The Balaban J connectivity index is 1.86. The molecule has 0 heterocycles. The summed E-state index contributed by atoms with van der Waals surface area (Å²) in [6, 6.07) is 11.4. The zero-order valence-electron chi connectivity index (χ0n) is 18.5. The van der Waals surface area contributed by atoms with Crippen LogP contribution in [0.15, 0.2) is 40.9 Å². The van der Waals surface area contributed by atoms with Crippen molar-refractivity contribution in [2.75, 3.05) is 38.7 Å². The summed E-state index contributed by atoms with van der Waals surface area (Å²) in [5.41, 5.74) is 2.68. The lowest BCUT2D eigenvalue weighted by atomic mass is 10.2. The third-order valence-corrected chi connectivity index (χ3v) is 5.15. The summed E-state index contributed by atoms with van der Waals surface area (Å²) in [6.07, 6.45) is 0. The second kappa shape index (κ2) is 12.3. The summed E-state index contributed by atoms with van der Waals surface area (Å²) in [5.74, 6) is 0.891. The van der Waals surface area contributed by atoms with Crippen molar-refractivity contribution in [1.29, 1.82) is 0 Å². The van der Waals surface area contributed by atoms with Crippen LogP contribution in [-0.4, -0.2) is 50.1 Å². The van der Waals surface area contributed by atoms with Crippen molar-refractivity contribution < 1.29 is 19.1 Å². The molecule has 2 amide bonds. The predicted octanol–water partition coefficient (Wildman–Crippen LogP) is 3.74. The van der Waals surface area contributed by atoms with Gasteiger partial charge in [0.1, 0.15) is 0 Å². The molecule has 8 heteroatoms. The highest BCUT2D eigenvalue weighted by Gasteiger charge is 2.13. The highest BCUT2D eigenvalue weighted by Crippen LogP contribution is 2.28. The topological polar surface area (TPSA) is 79.9 Å². The molecule has 31 heavy (non-hydrogen) atoms. The summed E-state index contributed by atoms with van der Waals surface area (Å²) >= 11 is 3.40. The Kier molecular flexibility index (Phi) is 9.81. The van der Waals surface area contributed by atoms with Gasteiger partial charge in [-0.3, -0.25) is 14.5 Å². The Hall–Kier alpha value is -2.58. The number of likely N-dealkylation sites (N-methyl/N-ethyl adjacent to an activating group) is 1. The third kappa shape index (κ3) is 7.88. The molecule has 0 radical (unpaired) electrons. The fraction of sp³-hybridized carbons (Fsp3) is 0.391. The van der Waals surface area contributed by atoms with Crippen molar-refractivity contribution in [3.05, 3.63) is 52.0 Å². The van der Waals surface area contributed by atoms with Gasteiger partial charge in [0, 0.05) is 16.7 Å². The summed E-state index contributed by atoms with van der Waals surface area (Å²) < 4.78 is 11.9. The molecular formula is C23H30BrN3O4. The number of aryl methyl sites for hydroxylation is 1. The maximum Gasteiger partial charge on any atom is 0.243 e. The molecular weight excluding hydrogens is 462 g/mol. The molecule has 0 aliphatic heterocycles. The number of anilines is 1. The predicted molar refractivity (Wildman–Crippen MR) is 126 cm³/mol. The summed E-state index contributed by atoms with van der Waals surface area (Å²) in [6.45, 7) is 7.76. The van der Waals surface area contributed by atoms with E-state index in [4.69, 9.17) is 9.47 Å². The lowest BCUT2D eigenvalue weighted by Gasteiger charge is -2.20. The SMILES string of the molecule is CCOc1ccc(CN(CC)CC(=O)NCC(=O)Nc2ccc(Br)cc2C)cc1OC. The average Bonchev–Trinajstić information content (AvgIpc) is 2.75. The van der Waals surface area contributed by atoms with Gasteiger partial charge in [-0.05, 0) is 61.9 Å². The molecule has 0 unspecified atom stereocenters. The largest absolute Gasteiger partial charge is 0.493 e. The number of amides is 2. The third-order valence-electron chi connectivity index (χ3n) is 4.66. The van der Waals surface area contributed by atoms with Crippen molar-refractivity contribution in [2.24, 2.45) is 0 Å². The number of benzene rings is 2. The van der Waals surface area contributed by atoms with Gasteiger partial charge >= 0.3 is 0 Å². The number of ether oxygens (including phenoxy) is 2. The first-order chi connectivity index (χ1) is 14.9. The van der Waals surface area contributed by atoms with Gasteiger partial charge in [-0.1, -0.05) is 28.9 Å². The number of methoxy groups -OCH3 is 1. The second-order valence-electron chi connectivity index (χ2n) is 7.01. The molecule has 0 aliphatic rings.